The number of pyridine rings is 1. The molecule has 0 bridgehead atoms. The van der Waals surface area contributed by atoms with E-state index in [-0.39, 0.29) is 11.4 Å². The van der Waals surface area contributed by atoms with E-state index >= 15 is 0 Å². The van der Waals surface area contributed by atoms with Crippen LogP contribution in [0.4, 0.5) is 0 Å². The molecule has 0 unspecified atom stereocenters. The summed E-state index contributed by atoms with van der Waals surface area (Å²) in [6, 6.07) is 6.29. The maximum absolute atomic E-state index is 11.7. The highest BCUT2D eigenvalue weighted by atomic mass is 16.4. The lowest BCUT2D eigenvalue weighted by Gasteiger charge is -2.12. The van der Waals surface area contributed by atoms with E-state index in [1.54, 1.807) is 18.2 Å². The first kappa shape index (κ1) is 11.4. The summed E-state index contributed by atoms with van der Waals surface area (Å²) in [6.45, 7) is 1.98. The summed E-state index contributed by atoms with van der Waals surface area (Å²) >= 11 is 0. The molecule has 2 aromatic rings. The van der Waals surface area contributed by atoms with Gasteiger partial charge >= 0.3 is 5.97 Å². The Morgan fingerprint density at radius 2 is 2.18 bits per heavy atom. The molecule has 0 saturated heterocycles. The Kier molecular flexibility index (Phi) is 2.95. The van der Waals surface area contributed by atoms with Crippen molar-refractivity contribution >= 4 is 16.7 Å². The summed E-state index contributed by atoms with van der Waals surface area (Å²) in [7, 11) is 0. The van der Waals surface area contributed by atoms with E-state index in [1.807, 2.05) is 6.92 Å². The number of benzene rings is 1. The molecule has 0 saturated carbocycles. The average molecular weight is 230 g/mol. The first-order chi connectivity index (χ1) is 8.13. The first-order valence-corrected chi connectivity index (χ1v) is 5.46. The van der Waals surface area contributed by atoms with E-state index in [2.05, 4.69) is 4.98 Å². The number of carboxylic acid groups (broad SMARTS) is 1. The molecule has 1 aromatic carbocycles. The van der Waals surface area contributed by atoms with Gasteiger partial charge in [-0.05, 0) is 17.9 Å². The van der Waals surface area contributed by atoms with E-state index in [0.717, 1.165) is 6.42 Å². The van der Waals surface area contributed by atoms with Crippen molar-refractivity contribution in [2.24, 2.45) is 0 Å². The van der Waals surface area contributed by atoms with Gasteiger partial charge in [0.1, 0.15) is 0 Å². The Balaban J connectivity index is 2.76. The second kappa shape index (κ2) is 4.41. The van der Waals surface area contributed by atoms with Crippen molar-refractivity contribution < 1.29 is 15.0 Å². The molecule has 0 aliphatic rings. The molecular weight excluding hydrogens is 218 g/mol. The van der Waals surface area contributed by atoms with Gasteiger partial charge in [0.2, 0.25) is 0 Å². The molecule has 4 heteroatoms. The molecule has 17 heavy (non-hydrogen) atoms. The second-order valence-corrected chi connectivity index (χ2v) is 3.87. The summed E-state index contributed by atoms with van der Waals surface area (Å²) < 4.78 is 0. The van der Waals surface area contributed by atoms with Crippen LogP contribution >= 0.6 is 0 Å². The lowest BCUT2D eigenvalue weighted by Crippen LogP contribution is -2.05. The third-order valence-electron chi connectivity index (χ3n) is 2.60. The highest BCUT2D eigenvalue weighted by Gasteiger charge is 2.12. The molecule has 0 aliphatic carbocycles. The molecule has 0 radical (unpaired) electrons. The van der Waals surface area contributed by atoms with Crippen LogP contribution in [0.25, 0.3) is 10.8 Å². The number of hydrogen-bond donors (Lipinski definition) is 1. The fourth-order valence-electron chi connectivity index (χ4n) is 1.85. The monoisotopic (exact) mass is 230 g/mol. The number of carboxylic acids is 1. The minimum absolute atomic E-state index is 0.0383. The predicted octanol–water partition coefficient (Wildman–Crippen LogP) is 1.96. The van der Waals surface area contributed by atoms with Crippen molar-refractivity contribution in [3.63, 3.8) is 0 Å². The normalized spacial score (nSPS) is 10.6. The fourth-order valence-corrected chi connectivity index (χ4v) is 1.85. The molecule has 1 N–H and O–H groups in total. The van der Waals surface area contributed by atoms with Crippen LogP contribution in [-0.4, -0.2) is 16.1 Å². The Labute approximate surface area is 98.5 Å². The maximum Gasteiger partial charge on any atom is 0.355 e. The van der Waals surface area contributed by atoms with Gasteiger partial charge in [0.05, 0.1) is 0 Å². The predicted molar refractivity (Wildman–Crippen MR) is 62.1 cm³/mol. The molecule has 2 rings (SSSR count). The minimum atomic E-state index is -1.10. The zero-order chi connectivity index (χ0) is 12.4. The summed E-state index contributed by atoms with van der Waals surface area (Å²) in [5, 5.41) is 21.6. The Morgan fingerprint density at radius 1 is 1.41 bits per heavy atom. The van der Waals surface area contributed by atoms with Crippen LogP contribution in [0.5, 0.6) is 5.75 Å². The van der Waals surface area contributed by atoms with Gasteiger partial charge in [0.15, 0.2) is 5.69 Å². The van der Waals surface area contributed by atoms with Crippen LogP contribution in [-0.2, 0) is 6.42 Å². The van der Waals surface area contributed by atoms with E-state index in [4.69, 9.17) is 5.11 Å². The third kappa shape index (κ3) is 2.06. The summed E-state index contributed by atoms with van der Waals surface area (Å²) in [5.41, 5.74) is 0.615. The summed E-state index contributed by atoms with van der Waals surface area (Å²) in [6.07, 6.45) is 1.53. The second-order valence-electron chi connectivity index (χ2n) is 3.87. The van der Waals surface area contributed by atoms with Crippen molar-refractivity contribution in [2.75, 3.05) is 0 Å². The van der Waals surface area contributed by atoms with Gasteiger partial charge < -0.3 is 10.2 Å². The van der Waals surface area contributed by atoms with Gasteiger partial charge in [0.25, 0.3) is 0 Å². The van der Waals surface area contributed by atoms with E-state index in [1.165, 1.54) is 6.07 Å². The van der Waals surface area contributed by atoms with Crippen LogP contribution in [0, 0.1) is 0 Å². The van der Waals surface area contributed by atoms with Gasteiger partial charge in [-0.2, -0.15) is 0 Å². The van der Waals surface area contributed by atoms with Gasteiger partial charge in [-0.3, -0.25) is 0 Å². The average Bonchev–Trinajstić information content (AvgIpc) is 2.29. The van der Waals surface area contributed by atoms with Crippen molar-refractivity contribution in [3.8, 4) is 5.75 Å². The Morgan fingerprint density at radius 3 is 2.82 bits per heavy atom. The number of rotatable bonds is 3. The van der Waals surface area contributed by atoms with Crippen molar-refractivity contribution in [1.82, 2.24) is 4.98 Å². The zero-order valence-corrected chi connectivity index (χ0v) is 9.43. The molecule has 4 nitrogen and oxygen atoms in total. The summed E-state index contributed by atoms with van der Waals surface area (Å²) in [5.74, 6) is -1.26. The van der Waals surface area contributed by atoms with Gasteiger partial charge in [0, 0.05) is 11.1 Å². The number of aromatic carboxylic acids is 1. The Hall–Kier alpha value is -2.10. The number of carbonyl (C=O) groups is 1. The van der Waals surface area contributed by atoms with Crippen molar-refractivity contribution in [2.45, 2.75) is 19.8 Å². The molecule has 1 heterocycles. The molecule has 0 amide bonds. The first-order valence-electron chi connectivity index (χ1n) is 5.46. The Bertz CT molecular complexity index is 578. The topological polar surface area (TPSA) is 73.2 Å². The number of hydrogen-bond acceptors (Lipinski definition) is 3. The number of nitrogens with zero attached hydrogens (tertiary/aromatic N) is 1. The molecule has 1 aromatic heterocycles. The van der Waals surface area contributed by atoms with E-state index in [0.29, 0.717) is 22.9 Å². The molecule has 0 spiro atoms. The van der Waals surface area contributed by atoms with Crippen molar-refractivity contribution in [1.29, 1.82) is 0 Å². The molecule has 88 valence electrons. The lowest BCUT2D eigenvalue weighted by atomic mass is 10.1. The van der Waals surface area contributed by atoms with Gasteiger partial charge in [-0.1, -0.05) is 31.5 Å². The smallest absolute Gasteiger partial charge is 0.355 e. The SMILES string of the molecule is CCCc1cc2c([O-])cccc2c(C(=O)O)n1. The maximum atomic E-state index is 11.7. The fraction of sp³-hybridized carbons (Fsp3) is 0.231. The van der Waals surface area contributed by atoms with Gasteiger partial charge in [-0.25, -0.2) is 9.78 Å². The quantitative estimate of drug-likeness (QED) is 0.874. The number of aromatic nitrogens is 1. The molecule has 0 atom stereocenters. The molecule has 0 fully saturated rings. The van der Waals surface area contributed by atoms with Crippen LogP contribution < -0.4 is 5.11 Å². The third-order valence-corrected chi connectivity index (χ3v) is 2.60. The summed E-state index contributed by atoms with van der Waals surface area (Å²) in [4.78, 5) is 15.2. The van der Waals surface area contributed by atoms with Crippen LogP contribution in [0.15, 0.2) is 24.3 Å². The standard InChI is InChI=1S/C13H13NO3/c1-2-4-8-7-10-9(5-3-6-11(10)15)12(14-8)13(16)17/h3,5-7,15H,2,4H2,1H3,(H,16,17)/p-1. The number of aryl methyl sites for hydroxylation is 1. The highest BCUT2D eigenvalue weighted by molar-refractivity contribution is 6.03. The minimum Gasteiger partial charge on any atom is -0.872 e. The van der Waals surface area contributed by atoms with E-state index in [9.17, 15) is 9.90 Å². The zero-order valence-electron chi connectivity index (χ0n) is 9.43. The van der Waals surface area contributed by atoms with Crippen LogP contribution in [0.3, 0.4) is 0 Å². The van der Waals surface area contributed by atoms with Crippen LogP contribution in [0.1, 0.15) is 29.5 Å². The van der Waals surface area contributed by atoms with Crippen LogP contribution in [0.2, 0.25) is 0 Å². The highest BCUT2D eigenvalue weighted by Crippen LogP contribution is 2.25. The lowest BCUT2D eigenvalue weighted by molar-refractivity contribution is -0.265. The molecular formula is C13H12NO3-. The van der Waals surface area contributed by atoms with Crippen molar-refractivity contribution in [3.05, 3.63) is 35.7 Å². The van der Waals surface area contributed by atoms with Gasteiger partial charge in [-0.15, -0.1) is 5.75 Å². The van der Waals surface area contributed by atoms with E-state index < -0.39 is 5.97 Å². The number of fused-ring (bicyclic) bond motifs is 1. The molecule has 0 aliphatic heterocycles. The largest absolute Gasteiger partial charge is 0.872 e.